The summed E-state index contributed by atoms with van der Waals surface area (Å²) in [5.74, 6) is 1.88. The monoisotopic (exact) mass is 240 g/mol. The third-order valence-electron chi connectivity index (χ3n) is 3.83. The Morgan fingerprint density at radius 1 is 1.12 bits per heavy atom. The molecule has 0 spiro atoms. The number of rotatable bonds is 5. The summed E-state index contributed by atoms with van der Waals surface area (Å²) < 4.78 is 0. The topological polar surface area (TPSA) is 24.1 Å². The van der Waals surface area contributed by atoms with Gasteiger partial charge in [-0.1, -0.05) is 19.8 Å². The van der Waals surface area contributed by atoms with E-state index in [0.717, 1.165) is 18.4 Å². The molecule has 1 saturated carbocycles. The number of hydrogen-bond acceptors (Lipinski definition) is 2. The van der Waals surface area contributed by atoms with Crippen molar-refractivity contribution in [3.63, 3.8) is 0 Å². The van der Waals surface area contributed by atoms with Crippen molar-refractivity contribution >= 4 is 0 Å². The Morgan fingerprint density at radius 3 is 2.24 bits per heavy atom. The highest BCUT2D eigenvalue weighted by Crippen LogP contribution is 2.27. The van der Waals surface area contributed by atoms with Crippen LogP contribution in [0.3, 0.4) is 0 Å². The van der Waals surface area contributed by atoms with Crippen LogP contribution in [0.15, 0.2) is 0 Å². The van der Waals surface area contributed by atoms with Crippen molar-refractivity contribution in [2.75, 3.05) is 13.1 Å². The van der Waals surface area contributed by atoms with E-state index in [1.165, 1.54) is 32.2 Å². The molecule has 0 aliphatic heterocycles. The molecule has 0 saturated heterocycles. The van der Waals surface area contributed by atoms with Crippen molar-refractivity contribution in [1.29, 1.82) is 0 Å². The van der Waals surface area contributed by atoms with Crippen LogP contribution in [0.1, 0.15) is 60.3 Å². The van der Waals surface area contributed by atoms with Crippen LogP contribution in [0.4, 0.5) is 0 Å². The van der Waals surface area contributed by atoms with Gasteiger partial charge in [-0.15, -0.1) is 0 Å². The lowest BCUT2D eigenvalue weighted by molar-refractivity contribution is 0.272. The molecule has 1 rings (SSSR count). The first kappa shape index (κ1) is 15.0. The maximum atomic E-state index is 3.68. The van der Waals surface area contributed by atoms with E-state index in [2.05, 4.69) is 45.3 Å². The summed E-state index contributed by atoms with van der Waals surface area (Å²) in [5, 5.41) is 7.23. The molecule has 1 atom stereocenters. The molecule has 0 heterocycles. The molecule has 2 N–H and O–H groups in total. The Balaban J connectivity index is 2.09. The molecule has 17 heavy (non-hydrogen) atoms. The van der Waals surface area contributed by atoms with Gasteiger partial charge >= 0.3 is 0 Å². The molecular formula is C15H32N2. The Bertz CT molecular complexity index is 199. The second-order valence-electron chi connectivity index (χ2n) is 7.07. The molecule has 0 bridgehead atoms. The quantitative estimate of drug-likeness (QED) is 0.771. The van der Waals surface area contributed by atoms with Gasteiger partial charge in [-0.3, -0.25) is 0 Å². The average molecular weight is 240 g/mol. The predicted molar refractivity (Wildman–Crippen MR) is 76.3 cm³/mol. The first-order chi connectivity index (χ1) is 7.87. The summed E-state index contributed by atoms with van der Waals surface area (Å²) in [6.45, 7) is 13.6. The van der Waals surface area contributed by atoms with E-state index in [-0.39, 0.29) is 5.54 Å². The summed E-state index contributed by atoms with van der Waals surface area (Å²) in [6.07, 6.45) is 5.71. The highest BCUT2D eigenvalue weighted by molar-refractivity contribution is 4.77. The molecule has 0 aromatic heterocycles. The van der Waals surface area contributed by atoms with E-state index in [9.17, 15) is 0 Å². The molecule has 1 aliphatic rings. The zero-order valence-corrected chi connectivity index (χ0v) is 12.5. The van der Waals surface area contributed by atoms with Crippen molar-refractivity contribution in [2.24, 2.45) is 11.8 Å². The zero-order chi connectivity index (χ0) is 12.9. The summed E-state index contributed by atoms with van der Waals surface area (Å²) in [6, 6.07) is 0.577. The van der Waals surface area contributed by atoms with Gasteiger partial charge in [0.05, 0.1) is 0 Å². The van der Waals surface area contributed by atoms with E-state index >= 15 is 0 Å². The minimum Gasteiger partial charge on any atom is -0.313 e. The van der Waals surface area contributed by atoms with Crippen LogP contribution in [-0.4, -0.2) is 24.7 Å². The van der Waals surface area contributed by atoms with Crippen LogP contribution in [0.2, 0.25) is 0 Å². The van der Waals surface area contributed by atoms with Gasteiger partial charge < -0.3 is 10.6 Å². The van der Waals surface area contributed by atoms with Gasteiger partial charge in [0, 0.05) is 18.1 Å². The summed E-state index contributed by atoms with van der Waals surface area (Å²) in [5.41, 5.74) is 0.232. The van der Waals surface area contributed by atoms with Crippen molar-refractivity contribution in [3.05, 3.63) is 0 Å². The van der Waals surface area contributed by atoms with E-state index in [0.29, 0.717) is 6.04 Å². The summed E-state index contributed by atoms with van der Waals surface area (Å²) in [4.78, 5) is 0. The molecule has 102 valence electrons. The standard InChI is InChI=1S/C15H32N2/c1-12-6-8-14(9-7-12)11-16-13(2)10-17-15(3,4)5/h12-14,16-17H,6-11H2,1-5H3. The molecular weight excluding hydrogens is 208 g/mol. The van der Waals surface area contributed by atoms with Gasteiger partial charge in [-0.05, 0) is 58.9 Å². The maximum Gasteiger partial charge on any atom is 0.0164 e. The van der Waals surface area contributed by atoms with Crippen LogP contribution >= 0.6 is 0 Å². The lowest BCUT2D eigenvalue weighted by Gasteiger charge is -2.29. The molecule has 0 amide bonds. The van der Waals surface area contributed by atoms with Crippen LogP contribution in [0, 0.1) is 11.8 Å². The third-order valence-corrected chi connectivity index (χ3v) is 3.83. The van der Waals surface area contributed by atoms with E-state index in [1.807, 2.05) is 0 Å². The first-order valence-electron chi connectivity index (χ1n) is 7.35. The fourth-order valence-corrected chi connectivity index (χ4v) is 2.43. The van der Waals surface area contributed by atoms with Crippen LogP contribution in [-0.2, 0) is 0 Å². The highest BCUT2D eigenvalue weighted by atomic mass is 15.0. The van der Waals surface area contributed by atoms with Gasteiger partial charge in [0.25, 0.3) is 0 Å². The molecule has 2 nitrogen and oxygen atoms in total. The lowest BCUT2D eigenvalue weighted by atomic mass is 9.83. The van der Waals surface area contributed by atoms with Crippen molar-refractivity contribution in [3.8, 4) is 0 Å². The number of nitrogens with one attached hydrogen (secondary N) is 2. The van der Waals surface area contributed by atoms with Crippen molar-refractivity contribution < 1.29 is 0 Å². The lowest BCUT2D eigenvalue weighted by Crippen LogP contribution is -2.45. The minimum atomic E-state index is 0.232. The van der Waals surface area contributed by atoms with Gasteiger partial charge in [-0.2, -0.15) is 0 Å². The molecule has 1 unspecified atom stereocenters. The average Bonchev–Trinajstić information content (AvgIpc) is 2.25. The van der Waals surface area contributed by atoms with Gasteiger partial charge in [-0.25, -0.2) is 0 Å². The normalized spacial score (nSPS) is 28.1. The fourth-order valence-electron chi connectivity index (χ4n) is 2.43. The molecule has 0 aromatic carbocycles. The van der Waals surface area contributed by atoms with Crippen LogP contribution in [0.25, 0.3) is 0 Å². The zero-order valence-electron chi connectivity index (χ0n) is 12.5. The Morgan fingerprint density at radius 2 is 1.71 bits per heavy atom. The minimum absolute atomic E-state index is 0.232. The number of hydrogen-bond donors (Lipinski definition) is 2. The van der Waals surface area contributed by atoms with E-state index in [1.54, 1.807) is 0 Å². The molecule has 1 fully saturated rings. The fraction of sp³-hybridized carbons (Fsp3) is 1.00. The second kappa shape index (κ2) is 6.75. The smallest absolute Gasteiger partial charge is 0.0164 e. The van der Waals surface area contributed by atoms with Crippen molar-refractivity contribution in [2.45, 2.75) is 71.9 Å². The maximum absolute atomic E-state index is 3.68. The predicted octanol–water partition coefficient (Wildman–Crippen LogP) is 3.18. The van der Waals surface area contributed by atoms with Gasteiger partial charge in [0.15, 0.2) is 0 Å². The van der Waals surface area contributed by atoms with Gasteiger partial charge in [0.2, 0.25) is 0 Å². The Kier molecular flexibility index (Phi) is 5.94. The Hall–Kier alpha value is -0.0800. The van der Waals surface area contributed by atoms with Crippen molar-refractivity contribution in [1.82, 2.24) is 10.6 Å². The SMILES string of the molecule is CC1CCC(CNC(C)CNC(C)(C)C)CC1. The van der Waals surface area contributed by atoms with E-state index < -0.39 is 0 Å². The first-order valence-corrected chi connectivity index (χ1v) is 7.35. The summed E-state index contributed by atoms with van der Waals surface area (Å²) in [7, 11) is 0. The van der Waals surface area contributed by atoms with Crippen LogP contribution in [0.5, 0.6) is 0 Å². The largest absolute Gasteiger partial charge is 0.313 e. The highest BCUT2D eigenvalue weighted by Gasteiger charge is 2.18. The molecule has 2 heteroatoms. The third kappa shape index (κ3) is 7.05. The van der Waals surface area contributed by atoms with Crippen LogP contribution < -0.4 is 10.6 Å². The molecule has 0 radical (unpaired) electrons. The molecule has 1 aliphatic carbocycles. The second-order valence-corrected chi connectivity index (χ2v) is 7.07. The van der Waals surface area contributed by atoms with E-state index in [4.69, 9.17) is 0 Å². The Labute approximate surface area is 108 Å². The molecule has 0 aromatic rings. The van der Waals surface area contributed by atoms with Gasteiger partial charge in [0.1, 0.15) is 0 Å². The summed E-state index contributed by atoms with van der Waals surface area (Å²) >= 11 is 0.